The lowest BCUT2D eigenvalue weighted by atomic mass is 9.81. The van der Waals surface area contributed by atoms with E-state index in [0.29, 0.717) is 12.4 Å². The number of rotatable bonds is 6. The van der Waals surface area contributed by atoms with Gasteiger partial charge < -0.3 is 10.5 Å². The average Bonchev–Trinajstić information content (AvgIpc) is 2.81. The zero-order valence-corrected chi connectivity index (χ0v) is 14.7. The number of hydrogen-bond donors (Lipinski definition) is 1. The zero-order chi connectivity index (χ0) is 16.8. The first-order chi connectivity index (χ1) is 11.1. The summed E-state index contributed by atoms with van der Waals surface area (Å²) >= 11 is 1.55. The third-order valence-corrected chi connectivity index (χ3v) is 7.27. The summed E-state index contributed by atoms with van der Waals surface area (Å²) in [6.45, 7) is 4.83. The Morgan fingerprint density at radius 2 is 1.87 bits per heavy atom. The first kappa shape index (κ1) is 16.6. The van der Waals surface area contributed by atoms with Crippen LogP contribution >= 0.6 is 11.8 Å². The van der Waals surface area contributed by atoms with E-state index in [4.69, 9.17) is 10.5 Å². The molecule has 2 N–H and O–H groups in total. The van der Waals surface area contributed by atoms with E-state index in [1.54, 1.807) is 11.8 Å². The molecule has 0 bridgehead atoms. The van der Waals surface area contributed by atoms with Crippen molar-refractivity contribution < 1.29 is 4.74 Å². The highest BCUT2D eigenvalue weighted by Crippen LogP contribution is 2.90. The minimum Gasteiger partial charge on any atom is -0.386 e. The Labute approximate surface area is 142 Å². The molecular weight excluding hydrogens is 308 g/mol. The van der Waals surface area contributed by atoms with Crippen LogP contribution in [0.5, 0.6) is 0 Å². The van der Waals surface area contributed by atoms with E-state index < -0.39 is 21.3 Å². The number of hydrogen-bond acceptors (Lipinski definition) is 6. The van der Waals surface area contributed by atoms with Crippen LogP contribution in [0.3, 0.4) is 0 Å². The molecule has 0 radical (unpaired) electrons. The van der Waals surface area contributed by atoms with Crippen LogP contribution < -0.4 is 5.73 Å². The van der Waals surface area contributed by atoms with E-state index in [2.05, 4.69) is 31.0 Å². The van der Waals surface area contributed by atoms with Gasteiger partial charge in [-0.3, -0.25) is 0 Å². The summed E-state index contributed by atoms with van der Waals surface area (Å²) < 4.78 is 5.98. The standard InChI is InChI=1S/C17H24N4OS/c1-3-5-7-14(8-6-4-2)15(11-18)13(20)21-17(16(14,15)12-19)22-9-10-23-17/h3-10H2,1-2H3,(H2,20,21)/t15-,16+,17-/m1/s1. The molecule has 0 amide bonds. The Balaban J connectivity index is 2.15. The smallest absolute Gasteiger partial charge is 0.230 e. The Bertz CT molecular complexity index is 605. The van der Waals surface area contributed by atoms with Crippen molar-refractivity contribution in [1.82, 2.24) is 0 Å². The fourth-order valence-electron chi connectivity index (χ4n) is 5.02. The van der Waals surface area contributed by atoms with E-state index in [9.17, 15) is 10.5 Å². The minimum absolute atomic E-state index is 0.322. The highest BCUT2D eigenvalue weighted by molar-refractivity contribution is 8.00. The van der Waals surface area contributed by atoms with Crippen LogP contribution in [0.4, 0.5) is 0 Å². The van der Waals surface area contributed by atoms with Gasteiger partial charge >= 0.3 is 0 Å². The topological polar surface area (TPSA) is 95.2 Å². The summed E-state index contributed by atoms with van der Waals surface area (Å²) in [4.78, 5) is 4.54. The van der Waals surface area contributed by atoms with Gasteiger partial charge in [0.2, 0.25) is 5.06 Å². The van der Waals surface area contributed by atoms with Gasteiger partial charge in [-0.05, 0) is 12.8 Å². The predicted octanol–water partition coefficient (Wildman–Crippen LogP) is 3.17. The Morgan fingerprint density at radius 1 is 1.22 bits per heavy atom. The number of thioether (sulfide) groups is 1. The molecular formula is C17H24N4OS. The number of aliphatic imine (C=N–C) groups is 1. The molecule has 2 aliphatic heterocycles. The third-order valence-electron chi connectivity index (χ3n) is 5.99. The van der Waals surface area contributed by atoms with Crippen molar-refractivity contribution in [3.05, 3.63) is 0 Å². The highest BCUT2D eigenvalue weighted by Gasteiger charge is 2.99. The molecule has 1 saturated carbocycles. The molecule has 0 aromatic heterocycles. The first-order valence-electron chi connectivity index (χ1n) is 8.54. The fraction of sp³-hybridized carbons (Fsp3) is 0.824. The van der Waals surface area contributed by atoms with E-state index in [1.165, 1.54) is 0 Å². The van der Waals surface area contributed by atoms with Crippen molar-refractivity contribution in [1.29, 1.82) is 10.5 Å². The Morgan fingerprint density at radius 3 is 2.30 bits per heavy atom. The molecule has 124 valence electrons. The monoisotopic (exact) mass is 332 g/mol. The van der Waals surface area contributed by atoms with E-state index >= 15 is 0 Å². The molecule has 1 spiro atoms. The van der Waals surface area contributed by atoms with Gasteiger partial charge in [-0.2, -0.15) is 10.5 Å². The van der Waals surface area contributed by atoms with Crippen LogP contribution in [0.25, 0.3) is 0 Å². The molecule has 3 atom stereocenters. The second-order valence-electron chi connectivity index (χ2n) is 6.79. The van der Waals surface area contributed by atoms with E-state index in [0.717, 1.165) is 44.3 Å². The molecule has 2 heterocycles. The van der Waals surface area contributed by atoms with Crippen LogP contribution in [0.2, 0.25) is 0 Å². The van der Waals surface area contributed by atoms with Crippen molar-refractivity contribution in [3.8, 4) is 12.1 Å². The second kappa shape index (κ2) is 5.40. The first-order valence-corrected chi connectivity index (χ1v) is 9.53. The molecule has 0 aromatic rings. The molecule has 3 aliphatic rings. The molecule has 0 unspecified atom stereocenters. The lowest BCUT2D eigenvalue weighted by Gasteiger charge is -2.31. The van der Waals surface area contributed by atoms with Gasteiger partial charge in [0.05, 0.1) is 18.7 Å². The summed E-state index contributed by atoms with van der Waals surface area (Å²) in [5, 5.41) is 19.3. The summed E-state index contributed by atoms with van der Waals surface area (Å²) in [6, 6.07) is 4.96. The van der Waals surface area contributed by atoms with Crippen molar-refractivity contribution >= 4 is 17.6 Å². The molecule has 6 heteroatoms. The van der Waals surface area contributed by atoms with Gasteiger partial charge in [-0.25, -0.2) is 4.99 Å². The molecule has 3 rings (SSSR count). The fourth-order valence-corrected chi connectivity index (χ4v) is 6.40. The molecule has 0 aromatic carbocycles. The summed E-state index contributed by atoms with van der Waals surface area (Å²) in [7, 11) is 0. The molecule has 1 saturated heterocycles. The molecule has 23 heavy (non-hydrogen) atoms. The summed E-state index contributed by atoms with van der Waals surface area (Å²) in [5.41, 5.74) is 3.96. The maximum Gasteiger partial charge on any atom is 0.230 e. The normalized spacial score (nSPS) is 39.6. The number of nitriles is 2. The number of unbranched alkanes of at least 4 members (excludes halogenated alkanes) is 2. The van der Waals surface area contributed by atoms with Crippen molar-refractivity contribution in [2.45, 2.75) is 57.4 Å². The number of nitrogens with zero attached hydrogens (tertiary/aromatic N) is 3. The highest BCUT2D eigenvalue weighted by atomic mass is 32.2. The van der Waals surface area contributed by atoms with Crippen LogP contribution in [-0.4, -0.2) is 23.3 Å². The quantitative estimate of drug-likeness (QED) is 0.806. The average molecular weight is 332 g/mol. The number of fused-ring (bicyclic) bond motifs is 2. The van der Waals surface area contributed by atoms with E-state index in [-0.39, 0.29) is 0 Å². The number of nitrogens with two attached hydrogens (primary N) is 1. The third kappa shape index (κ3) is 1.55. The van der Waals surface area contributed by atoms with Crippen LogP contribution in [0, 0.1) is 38.9 Å². The SMILES string of the molecule is CCCCC1(CCCC)[C@]2(C#N)[C@@]3(N=C(N)[C@]12C#N)OCCS3. The van der Waals surface area contributed by atoms with Gasteiger partial charge in [-0.1, -0.05) is 51.3 Å². The molecule has 5 nitrogen and oxygen atoms in total. The van der Waals surface area contributed by atoms with Gasteiger partial charge in [-0.15, -0.1) is 0 Å². The van der Waals surface area contributed by atoms with Gasteiger partial charge in [0.15, 0.2) is 5.41 Å². The number of ether oxygens (including phenoxy) is 1. The van der Waals surface area contributed by atoms with E-state index in [1.807, 2.05) is 0 Å². The predicted molar refractivity (Wildman–Crippen MR) is 90.3 cm³/mol. The molecule has 1 aliphatic carbocycles. The lowest BCUT2D eigenvalue weighted by Crippen LogP contribution is -2.37. The van der Waals surface area contributed by atoms with Crippen LogP contribution in [-0.2, 0) is 4.74 Å². The Hall–Kier alpha value is -1.24. The van der Waals surface area contributed by atoms with Crippen molar-refractivity contribution in [2.75, 3.05) is 12.4 Å². The van der Waals surface area contributed by atoms with Crippen LogP contribution in [0.1, 0.15) is 52.4 Å². The summed E-state index contributed by atoms with van der Waals surface area (Å²) in [5.74, 6) is 1.11. The zero-order valence-electron chi connectivity index (χ0n) is 13.9. The largest absolute Gasteiger partial charge is 0.386 e. The summed E-state index contributed by atoms with van der Waals surface area (Å²) in [6.07, 6.45) is 5.73. The van der Waals surface area contributed by atoms with Gasteiger partial charge in [0.25, 0.3) is 0 Å². The number of amidine groups is 1. The molecule has 2 fully saturated rings. The maximum absolute atomic E-state index is 10.2. The maximum atomic E-state index is 10.2. The lowest BCUT2D eigenvalue weighted by molar-refractivity contribution is 0.00484. The Kier molecular flexibility index (Phi) is 3.90. The van der Waals surface area contributed by atoms with Crippen LogP contribution in [0.15, 0.2) is 4.99 Å². The van der Waals surface area contributed by atoms with Crippen molar-refractivity contribution in [2.24, 2.45) is 27.0 Å². The van der Waals surface area contributed by atoms with Crippen molar-refractivity contribution in [3.63, 3.8) is 0 Å². The second-order valence-corrected chi connectivity index (χ2v) is 8.04. The van der Waals surface area contributed by atoms with Gasteiger partial charge in [0, 0.05) is 11.2 Å². The van der Waals surface area contributed by atoms with Gasteiger partial charge in [0.1, 0.15) is 11.3 Å². The minimum atomic E-state index is -0.976.